The van der Waals surface area contributed by atoms with Gasteiger partial charge < -0.3 is 15.4 Å². The summed E-state index contributed by atoms with van der Waals surface area (Å²) >= 11 is 6.18. The van der Waals surface area contributed by atoms with Gasteiger partial charge in [0.05, 0.1) is 31.9 Å². The summed E-state index contributed by atoms with van der Waals surface area (Å²) in [5.41, 5.74) is 1.46. The molecule has 2 rings (SSSR count). The molecule has 0 saturated heterocycles. The van der Waals surface area contributed by atoms with Crippen LogP contribution < -0.4 is 15.4 Å². The number of carbonyl (C=O) groups is 2. The minimum Gasteiger partial charge on any atom is -0.495 e. The molecule has 2 aromatic rings. The number of benzene rings is 2. The van der Waals surface area contributed by atoms with Crippen LogP contribution in [0.4, 0.5) is 5.69 Å². The summed E-state index contributed by atoms with van der Waals surface area (Å²) in [6, 6.07) is 14.4. The molecule has 2 aromatic carbocycles. The number of amides is 2. The smallest absolute Gasteiger partial charge is 0.238 e. The highest BCUT2D eigenvalue weighted by atomic mass is 35.5. The van der Waals surface area contributed by atoms with E-state index in [-0.39, 0.29) is 30.9 Å². The number of rotatable bonds is 9. The predicted molar refractivity (Wildman–Crippen MR) is 112 cm³/mol. The number of anilines is 1. The van der Waals surface area contributed by atoms with Crippen LogP contribution in [0.25, 0.3) is 0 Å². The fourth-order valence-electron chi connectivity index (χ4n) is 2.81. The van der Waals surface area contributed by atoms with Crippen LogP contribution in [0.3, 0.4) is 0 Å². The van der Waals surface area contributed by atoms with Crippen LogP contribution in [0.2, 0.25) is 5.02 Å². The Kier molecular flexibility index (Phi) is 8.29. The molecule has 1 atom stereocenters. The molecule has 6 nitrogen and oxygen atoms in total. The fraction of sp³-hybridized carbons (Fsp3) is 0.333. The Balaban J connectivity index is 1.89. The summed E-state index contributed by atoms with van der Waals surface area (Å²) < 4.78 is 5.23. The molecule has 0 unspecified atom stereocenters. The van der Waals surface area contributed by atoms with E-state index in [1.54, 1.807) is 30.2 Å². The van der Waals surface area contributed by atoms with Gasteiger partial charge in [-0.1, -0.05) is 48.9 Å². The number of ether oxygens (including phenoxy) is 1. The molecule has 0 aliphatic heterocycles. The Labute approximate surface area is 170 Å². The van der Waals surface area contributed by atoms with Crippen LogP contribution in [-0.2, 0) is 9.59 Å². The van der Waals surface area contributed by atoms with Gasteiger partial charge in [0.1, 0.15) is 5.75 Å². The SMILES string of the molecule is CCN(CC(=O)Nc1ccccc1OC)CC(=O)N[C@H](C)c1ccccc1Cl. The quantitative estimate of drug-likeness (QED) is 0.672. The average molecular weight is 404 g/mol. The largest absolute Gasteiger partial charge is 0.495 e. The normalized spacial score (nSPS) is 11.8. The van der Waals surface area contributed by atoms with E-state index in [9.17, 15) is 9.59 Å². The van der Waals surface area contributed by atoms with E-state index in [1.807, 2.05) is 44.2 Å². The first-order valence-corrected chi connectivity index (χ1v) is 9.51. The predicted octanol–water partition coefficient (Wildman–Crippen LogP) is 3.49. The van der Waals surface area contributed by atoms with E-state index >= 15 is 0 Å². The number of carbonyl (C=O) groups excluding carboxylic acids is 2. The van der Waals surface area contributed by atoms with Crippen molar-refractivity contribution in [3.05, 3.63) is 59.1 Å². The minimum atomic E-state index is -0.220. The number of hydrogen-bond donors (Lipinski definition) is 2. The third-order valence-electron chi connectivity index (χ3n) is 4.31. The van der Waals surface area contributed by atoms with Crippen molar-refractivity contribution in [3.63, 3.8) is 0 Å². The number of halogens is 1. The highest BCUT2D eigenvalue weighted by Gasteiger charge is 2.17. The molecule has 0 bridgehead atoms. The maximum atomic E-state index is 12.4. The molecule has 0 aliphatic rings. The second-order valence-corrected chi connectivity index (χ2v) is 6.77. The third kappa shape index (κ3) is 6.25. The summed E-state index contributed by atoms with van der Waals surface area (Å²) in [5.74, 6) is 0.211. The van der Waals surface area contributed by atoms with Gasteiger partial charge in [0.15, 0.2) is 0 Å². The molecule has 0 spiro atoms. The van der Waals surface area contributed by atoms with E-state index in [4.69, 9.17) is 16.3 Å². The van der Waals surface area contributed by atoms with Gasteiger partial charge in [-0.25, -0.2) is 0 Å². The van der Waals surface area contributed by atoms with Gasteiger partial charge >= 0.3 is 0 Å². The van der Waals surface area contributed by atoms with Crippen molar-refractivity contribution in [1.82, 2.24) is 10.2 Å². The Morgan fingerprint density at radius 3 is 2.39 bits per heavy atom. The van der Waals surface area contributed by atoms with Crippen LogP contribution in [0.1, 0.15) is 25.5 Å². The molecular formula is C21H26ClN3O3. The molecule has 0 aliphatic carbocycles. The van der Waals surface area contributed by atoms with Crippen LogP contribution in [0, 0.1) is 0 Å². The Bertz CT molecular complexity index is 813. The summed E-state index contributed by atoms with van der Waals surface area (Å²) in [5, 5.41) is 6.36. The number of likely N-dealkylation sites (N-methyl/N-ethyl adjacent to an activating group) is 1. The lowest BCUT2D eigenvalue weighted by Crippen LogP contribution is -2.41. The number of nitrogens with zero attached hydrogens (tertiary/aromatic N) is 1. The molecule has 0 heterocycles. The third-order valence-corrected chi connectivity index (χ3v) is 4.66. The van der Waals surface area contributed by atoms with Crippen LogP contribution in [0.5, 0.6) is 5.75 Å². The van der Waals surface area contributed by atoms with Crippen molar-refractivity contribution in [2.45, 2.75) is 19.9 Å². The number of nitrogens with one attached hydrogen (secondary N) is 2. The van der Waals surface area contributed by atoms with Gasteiger partial charge in [0.2, 0.25) is 11.8 Å². The lowest BCUT2D eigenvalue weighted by molar-refractivity contribution is -0.123. The zero-order valence-electron chi connectivity index (χ0n) is 16.4. The molecule has 0 radical (unpaired) electrons. The topological polar surface area (TPSA) is 70.7 Å². The van der Waals surface area contributed by atoms with E-state index in [1.165, 1.54) is 0 Å². The molecular weight excluding hydrogens is 378 g/mol. The maximum absolute atomic E-state index is 12.4. The first kappa shape index (κ1) is 21.7. The Hall–Kier alpha value is -2.57. The second kappa shape index (κ2) is 10.7. The van der Waals surface area contributed by atoms with Gasteiger partial charge in [0.25, 0.3) is 0 Å². The van der Waals surface area contributed by atoms with E-state index in [2.05, 4.69) is 10.6 Å². The van der Waals surface area contributed by atoms with Gasteiger partial charge in [-0.3, -0.25) is 14.5 Å². The van der Waals surface area contributed by atoms with E-state index in [0.29, 0.717) is 23.0 Å². The van der Waals surface area contributed by atoms with Crippen molar-refractivity contribution in [2.24, 2.45) is 0 Å². The highest BCUT2D eigenvalue weighted by molar-refractivity contribution is 6.31. The van der Waals surface area contributed by atoms with Crippen molar-refractivity contribution in [2.75, 3.05) is 32.1 Å². The number of para-hydroxylation sites is 2. The standard InChI is InChI=1S/C21H26ClN3O3/c1-4-25(14-21(27)24-18-11-7-8-12-19(18)28-3)13-20(26)23-15(2)16-9-5-6-10-17(16)22/h5-12,15H,4,13-14H2,1-3H3,(H,23,26)(H,24,27)/t15-/m1/s1. The van der Waals surface area contributed by atoms with Gasteiger partial charge in [-0.05, 0) is 37.2 Å². The molecule has 0 aromatic heterocycles. The molecule has 7 heteroatoms. The summed E-state index contributed by atoms with van der Waals surface area (Å²) in [6.07, 6.45) is 0. The maximum Gasteiger partial charge on any atom is 0.238 e. The van der Waals surface area contributed by atoms with Crippen molar-refractivity contribution in [1.29, 1.82) is 0 Å². The molecule has 150 valence electrons. The van der Waals surface area contributed by atoms with Gasteiger partial charge in [-0.2, -0.15) is 0 Å². The van der Waals surface area contributed by atoms with Crippen LogP contribution >= 0.6 is 11.6 Å². The monoisotopic (exact) mass is 403 g/mol. The summed E-state index contributed by atoms with van der Waals surface area (Å²) in [7, 11) is 1.55. The molecule has 28 heavy (non-hydrogen) atoms. The van der Waals surface area contributed by atoms with Gasteiger partial charge in [0, 0.05) is 5.02 Å². The van der Waals surface area contributed by atoms with Crippen molar-refractivity contribution < 1.29 is 14.3 Å². The number of hydrogen-bond acceptors (Lipinski definition) is 4. The molecule has 0 fully saturated rings. The lowest BCUT2D eigenvalue weighted by Gasteiger charge is -2.22. The van der Waals surface area contributed by atoms with Crippen LogP contribution in [-0.4, -0.2) is 43.5 Å². The average Bonchev–Trinajstić information content (AvgIpc) is 2.68. The van der Waals surface area contributed by atoms with Gasteiger partial charge in [-0.15, -0.1) is 0 Å². The minimum absolute atomic E-state index is 0.0996. The first-order valence-electron chi connectivity index (χ1n) is 9.13. The summed E-state index contributed by atoms with van der Waals surface area (Å²) in [4.78, 5) is 26.5. The fourth-order valence-corrected chi connectivity index (χ4v) is 3.11. The van der Waals surface area contributed by atoms with Crippen molar-refractivity contribution in [3.8, 4) is 5.75 Å². The molecule has 0 saturated carbocycles. The van der Waals surface area contributed by atoms with Crippen LogP contribution in [0.15, 0.2) is 48.5 Å². The zero-order chi connectivity index (χ0) is 20.5. The van der Waals surface area contributed by atoms with Crippen molar-refractivity contribution >= 4 is 29.1 Å². The first-order chi connectivity index (χ1) is 13.4. The molecule has 2 N–H and O–H groups in total. The highest BCUT2D eigenvalue weighted by Crippen LogP contribution is 2.23. The lowest BCUT2D eigenvalue weighted by atomic mass is 10.1. The number of methoxy groups -OCH3 is 1. The summed E-state index contributed by atoms with van der Waals surface area (Å²) in [6.45, 7) is 4.56. The zero-order valence-corrected chi connectivity index (χ0v) is 17.1. The van der Waals surface area contributed by atoms with E-state index in [0.717, 1.165) is 5.56 Å². The molecule has 2 amide bonds. The Morgan fingerprint density at radius 2 is 1.71 bits per heavy atom. The van der Waals surface area contributed by atoms with E-state index < -0.39 is 0 Å². The second-order valence-electron chi connectivity index (χ2n) is 6.36. The Morgan fingerprint density at radius 1 is 1.07 bits per heavy atom.